The molecule has 0 bridgehead atoms. The summed E-state index contributed by atoms with van der Waals surface area (Å²) >= 11 is 0. The smallest absolute Gasteiger partial charge is 0.338 e. The number of carbonyl (C=O) groups excluding carboxylic acids is 2. The summed E-state index contributed by atoms with van der Waals surface area (Å²) in [5.41, 5.74) is 2.48. The van der Waals surface area contributed by atoms with Crippen LogP contribution in [0.4, 0.5) is 0 Å². The number of ether oxygens (including phenoxy) is 3. The van der Waals surface area contributed by atoms with E-state index in [0.717, 1.165) is 11.1 Å². The number of carbonyl (C=O) groups is 2. The summed E-state index contributed by atoms with van der Waals surface area (Å²) in [4.78, 5) is 27.5. The molecule has 3 aromatic rings. The molecule has 0 spiro atoms. The van der Waals surface area contributed by atoms with E-state index in [1.54, 1.807) is 24.3 Å². The van der Waals surface area contributed by atoms with Gasteiger partial charge in [-0.1, -0.05) is 78.9 Å². The van der Waals surface area contributed by atoms with E-state index in [9.17, 15) is 9.59 Å². The SMILES string of the molecule is CC(=O)NC1CN(Cc2ccccc2)C2COC(c3ccccc3)OC2C1OC(=O)c1ccccc1. The van der Waals surface area contributed by atoms with Crippen LogP contribution >= 0.6 is 0 Å². The minimum Gasteiger partial charge on any atom is -0.454 e. The van der Waals surface area contributed by atoms with Gasteiger partial charge in [-0.25, -0.2) is 4.79 Å². The Kier molecular flexibility index (Phi) is 7.41. The predicted molar refractivity (Wildman–Crippen MR) is 134 cm³/mol. The van der Waals surface area contributed by atoms with Gasteiger partial charge in [0.05, 0.1) is 24.3 Å². The number of nitrogens with one attached hydrogen (secondary N) is 1. The summed E-state index contributed by atoms with van der Waals surface area (Å²) in [6.07, 6.45) is -1.79. The summed E-state index contributed by atoms with van der Waals surface area (Å²) in [6, 6.07) is 28.1. The van der Waals surface area contributed by atoms with Gasteiger partial charge in [-0.05, 0) is 17.7 Å². The van der Waals surface area contributed by atoms with Crippen molar-refractivity contribution in [3.05, 3.63) is 108 Å². The van der Waals surface area contributed by atoms with Crippen molar-refractivity contribution in [3.63, 3.8) is 0 Å². The van der Waals surface area contributed by atoms with Crippen molar-refractivity contribution < 1.29 is 23.8 Å². The number of piperidine rings is 1. The molecule has 2 heterocycles. The molecule has 5 unspecified atom stereocenters. The fourth-order valence-corrected chi connectivity index (χ4v) is 4.97. The van der Waals surface area contributed by atoms with Crippen molar-refractivity contribution in [3.8, 4) is 0 Å². The van der Waals surface area contributed by atoms with Crippen molar-refractivity contribution in [1.29, 1.82) is 0 Å². The number of fused-ring (bicyclic) bond motifs is 1. The molecule has 2 saturated heterocycles. The van der Waals surface area contributed by atoms with Crippen LogP contribution in [0.3, 0.4) is 0 Å². The van der Waals surface area contributed by atoms with Gasteiger partial charge in [-0.2, -0.15) is 0 Å². The first-order valence-electron chi connectivity index (χ1n) is 12.2. The second-order valence-corrected chi connectivity index (χ2v) is 9.20. The topological polar surface area (TPSA) is 77.1 Å². The van der Waals surface area contributed by atoms with Gasteiger partial charge in [0, 0.05) is 25.6 Å². The van der Waals surface area contributed by atoms with Crippen LogP contribution in [0.2, 0.25) is 0 Å². The van der Waals surface area contributed by atoms with Crippen LogP contribution < -0.4 is 5.32 Å². The fraction of sp³-hybridized carbons (Fsp3) is 0.310. The van der Waals surface area contributed by atoms with E-state index in [1.165, 1.54) is 6.92 Å². The van der Waals surface area contributed by atoms with E-state index in [1.807, 2.05) is 54.6 Å². The molecule has 2 aliphatic heterocycles. The average Bonchev–Trinajstić information content (AvgIpc) is 2.91. The van der Waals surface area contributed by atoms with Gasteiger partial charge < -0.3 is 19.5 Å². The van der Waals surface area contributed by atoms with Crippen molar-refractivity contribution in [2.24, 2.45) is 0 Å². The van der Waals surface area contributed by atoms with Crippen LogP contribution in [0.1, 0.15) is 34.7 Å². The van der Waals surface area contributed by atoms with Crippen molar-refractivity contribution in [2.45, 2.75) is 44.1 Å². The second kappa shape index (κ2) is 11.0. The number of esters is 1. The lowest BCUT2D eigenvalue weighted by Crippen LogP contribution is -2.69. The number of hydrogen-bond donors (Lipinski definition) is 1. The lowest BCUT2D eigenvalue weighted by Gasteiger charge is -2.51. The van der Waals surface area contributed by atoms with E-state index in [2.05, 4.69) is 22.3 Å². The third-order valence-corrected chi connectivity index (χ3v) is 6.64. The molecule has 1 N–H and O–H groups in total. The third kappa shape index (κ3) is 5.49. The summed E-state index contributed by atoms with van der Waals surface area (Å²) in [6.45, 7) is 3.02. The maximum absolute atomic E-state index is 13.1. The quantitative estimate of drug-likeness (QED) is 0.536. The zero-order valence-electron chi connectivity index (χ0n) is 20.2. The lowest BCUT2D eigenvalue weighted by atomic mass is 9.90. The first kappa shape index (κ1) is 24.2. The molecule has 5 atom stereocenters. The molecule has 0 aliphatic carbocycles. The molecule has 186 valence electrons. The molecule has 0 saturated carbocycles. The Morgan fingerprint density at radius 2 is 1.58 bits per heavy atom. The van der Waals surface area contributed by atoms with Gasteiger partial charge in [0.25, 0.3) is 0 Å². The highest BCUT2D eigenvalue weighted by Gasteiger charge is 2.50. The van der Waals surface area contributed by atoms with E-state index in [-0.39, 0.29) is 11.9 Å². The van der Waals surface area contributed by atoms with Crippen LogP contribution in [-0.4, -0.2) is 54.2 Å². The van der Waals surface area contributed by atoms with Crippen molar-refractivity contribution >= 4 is 11.9 Å². The molecule has 7 heteroatoms. The van der Waals surface area contributed by atoms with E-state index in [4.69, 9.17) is 14.2 Å². The number of rotatable bonds is 6. The summed E-state index contributed by atoms with van der Waals surface area (Å²) in [5.74, 6) is -0.636. The average molecular weight is 487 g/mol. The molecule has 0 radical (unpaired) electrons. The number of amides is 1. The Labute approximate surface area is 211 Å². The predicted octanol–water partition coefficient (Wildman–Crippen LogP) is 3.72. The highest BCUT2D eigenvalue weighted by atomic mass is 16.7. The fourth-order valence-electron chi connectivity index (χ4n) is 4.97. The monoisotopic (exact) mass is 486 g/mol. The first-order valence-corrected chi connectivity index (χ1v) is 12.2. The molecule has 36 heavy (non-hydrogen) atoms. The number of hydrogen-bond acceptors (Lipinski definition) is 6. The Bertz CT molecular complexity index is 1160. The van der Waals surface area contributed by atoms with E-state index < -0.39 is 30.5 Å². The summed E-state index contributed by atoms with van der Waals surface area (Å²) in [5, 5.41) is 3.01. The van der Waals surface area contributed by atoms with Crippen molar-refractivity contribution in [2.75, 3.05) is 13.2 Å². The van der Waals surface area contributed by atoms with E-state index >= 15 is 0 Å². The van der Waals surface area contributed by atoms with E-state index in [0.29, 0.717) is 25.3 Å². The molecule has 3 aromatic carbocycles. The molecule has 1 amide bonds. The molecule has 0 aromatic heterocycles. The molecule has 2 aliphatic rings. The maximum Gasteiger partial charge on any atom is 0.338 e. The van der Waals surface area contributed by atoms with Gasteiger partial charge in [-0.15, -0.1) is 0 Å². The standard InChI is InChI=1S/C29H30N2O5/c1-20(32)30-24-18-31(17-21-11-5-2-6-12-21)25-19-34-29(23-15-9-4-10-16-23)36-27(25)26(24)35-28(33)22-13-7-3-8-14-22/h2-16,24-27,29H,17-19H2,1H3,(H,30,32). The lowest BCUT2D eigenvalue weighted by molar-refractivity contribution is -0.278. The Morgan fingerprint density at radius 1 is 0.944 bits per heavy atom. The molecular formula is C29H30N2O5. The molecular weight excluding hydrogens is 456 g/mol. The number of likely N-dealkylation sites (tertiary alicyclic amines) is 1. The maximum atomic E-state index is 13.1. The second-order valence-electron chi connectivity index (χ2n) is 9.20. The normalized spacial score (nSPS) is 26.0. The van der Waals surface area contributed by atoms with Crippen molar-refractivity contribution in [1.82, 2.24) is 10.2 Å². The summed E-state index contributed by atoms with van der Waals surface area (Å²) < 4.78 is 18.8. The molecule has 5 rings (SSSR count). The zero-order valence-corrected chi connectivity index (χ0v) is 20.2. The molecule has 7 nitrogen and oxygen atoms in total. The van der Waals surface area contributed by atoms with Crippen LogP contribution in [0.5, 0.6) is 0 Å². The highest BCUT2D eigenvalue weighted by molar-refractivity contribution is 5.89. The van der Waals surface area contributed by atoms with Gasteiger partial charge in [-0.3, -0.25) is 9.69 Å². The van der Waals surface area contributed by atoms with Crippen LogP contribution in [-0.2, 0) is 25.5 Å². The highest BCUT2D eigenvalue weighted by Crippen LogP contribution is 2.35. The Balaban J connectivity index is 1.46. The largest absolute Gasteiger partial charge is 0.454 e. The van der Waals surface area contributed by atoms with Gasteiger partial charge >= 0.3 is 5.97 Å². The van der Waals surface area contributed by atoms with Crippen LogP contribution in [0.25, 0.3) is 0 Å². The van der Waals surface area contributed by atoms with Crippen LogP contribution in [0.15, 0.2) is 91.0 Å². The Hall–Kier alpha value is -3.52. The minimum absolute atomic E-state index is 0.163. The Morgan fingerprint density at radius 3 is 2.25 bits per heavy atom. The zero-order chi connectivity index (χ0) is 24.9. The first-order chi connectivity index (χ1) is 17.6. The minimum atomic E-state index is -0.686. The van der Waals surface area contributed by atoms with Gasteiger partial charge in [0.2, 0.25) is 5.91 Å². The van der Waals surface area contributed by atoms with Crippen LogP contribution in [0, 0.1) is 0 Å². The third-order valence-electron chi connectivity index (χ3n) is 6.64. The van der Waals surface area contributed by atoms with Gasteiger partial charge in [0.15, 0.2) is 12.4 Å². The number of benzene rings is 3. The molecule has 2 fully saturated rings. The number of nitrogens with zero attached hydrogens (tertiary/aromatic N) is 1. The van der Waals surface area contributed by atoms with Gasteiger partial charge in [0.1, 0.15) is 6.10 Å². The summed E-state index contributed by atoms with van der Waals surface area (Å²) in [7, 11) is 0.